The van der Waals surface area contributed by atoms with E-state index in [0.29, 0.717) is 0 Å². The van der Waals surface area contributed by atoms with Gasteiger partial charge in [0.1, 0.15) is 6.10 Å². The average molecular weight is 136 g/mol. The van der Waals surface area contributed by atoms with Crippen LogP contribution in [0.3, 0.4) is 0 Å². The molecule has 0 spiro atoms. The summed E-state index contributed by atoms with van der Waals surface area (Å²) >= 11 is 0. The Kier molecular flexibility index (Phi) is 1.69. The molecule has 0 saturated carbocycles. The summed E-state index contributed by atoms with van der Waals surface area (Å²) in [5.74, 6) is -2.53. The normalized spacial score (nSPS) is 34.3. The largest absolute Gasteiger partial charge is 0.384 e. The minimum atomic E-state index is -2.53. The number of hydrogen-bond acceptors (Lipinski definition) is 5. The standard InChI is InChI=1S/C4H8O5/c5-3-1-2-8-9-4(3,6)7/h3,5-7H,1-2H2. The van der Waals surface area contributed by atoms with Gasteiger partial charge >= 0.3 is 5.97 Å². The molecule has 1 saturated heterocycles. The Hall–Kier alpha value is -0.200. The fourth-order valence-electron chi connectivity index (χ4n) is 0.532. The molecular weight excluding hydrogens is 128 g/mol. The smallest absolute Gasteiger partial charge is 0.333 e. The Morgan fingerprint density at radius 3 is 2.44 bits per heavy atom. The molecular formula is C4H8O5. The van der Waals surface area contributed by atoms with Crippen molar-refractivity contribution in [1.29, 1.82) is 0 Å². The van der Waals surface area contributed by atoms with E-state index in [-0.39, 0.29) is 13.0 Å². The van der Waals surface area contributed by atoms with Gasteiger partial charge in [-0.2, -0.15) is 4.89 Å². The van der Waals surface area contributed by atoms with E-state index in [1.54, 1.807) is 0 Å². The minimum Gasteiger partial charge on any atom is -0.384 e. The molecule has 0 radical (unpaired) electrons. The molecule has 0 aliphatic carbocycles. The van der Waals surface area contributed by atoms with E-state index in [4.69, 9.17) is 15.3 Å². The third-order valence-electron chi connectivity index (χ3n) is 1.09. The number of hydrogen-bond donors (Lipinski definition) is 3. The Morgan fingerprint density at radius 2 is 2.11 bits per heavy atom. The molecule has 0 aromatic rings. The minimum absolute atomic E-state index is 0.160. The molecule has 0 aromatic carbocycles. The van der Waals surface area contributed by atoms with Crippen LogP contribution in [-0.4, -0.2) is 34.0 Å². The number of rotatable bonds is 0. The van der Waals surface area contributed by atoms with Crippen LogP contribution >= 0.6 is 0 Å². The van der Waals surface area contributed by atoms with E-state index in [1.165, 1.54) is 0 Å². The fraction of sp³-hybridized carbons (Fsp3) is 1.00. The number of aliphatic hydroxyl groups is 3. The highest BCUT2D eigenvalue weighted by atomic mass is 17.3. The van der Waals surface area contributed by atoms with Crippen molar-refractivity contribution < 1.29 is 25.1 Å². The quantitative estimate of drug-likeness (QED) is 0.274. The molecule has 9 heavy (non-hydrogen) atoms. The van der Waals surface area contributed by atoms with E-state index < -0.39 is 12.1 Å². The van der Waals surface area contributed by atoms with Crippen LogP contribution in [0.15, 0.2) is 0 Å². The van der Waals surface area contributed by atoms with Crippen molar-refractivity contribution in [1.82, 2.24) is 0 Å². The van der Waals surface area contributed by atoms with Gasteiger partial charge in [0.25, 0.3) is 0 Å². The molecule has 1 rings (SSSR count). The molecule has 0 amide bonds. The van der Waals surface area contributed by atoms with Gasteiger partial charge in [-0.1, -0.05) is 0 Å². The first-order valence-corrected chi connectivity index (χ1v) is 2.56. The van der Waals surface area contributed by atoms with Gasteiger partial charge in [-0.3, -0.25) is 0 Å². The van der Waals surface area contributed by atoms with Gasteiger partial charge in [-0.05, 0) is 0 Å². The zero-order valence-electron chi connectivity index (χ0n) is 4.65. The van der Waals surface area contributed by atoms with Gasteiger partial charge in [0.2, 0.25) is 0 Å². The van der Waals surface area contributed by atoms with Crippen molar-refractivity contribution in [3.63, 3.8) is 0 Å². The highest BCUT2D eigenvalue weighted by Crippen LogP contribution is 2.17. The number of aliphatic hydroxyl groups excluding tert-OH is 1. The van der Waals surface area contributed by atoms with Crippen molar-refractivity contribution >= 4 is 0 Å². The van der Waals surface area contributed by atoms with Crippen LogP contribution in [0.4, 0.5) is 0 Å². The monoisotopic (exact) mass is 136 g/mol. The Labute approximate surface area is 51.4 Å². The lowest BCUT2D eigenvalue weighted by molar-refractivity contribution is -0.527. The maximum absolute atomic E-state index is 8.73. The zero-order valence-corrected chi connectivity index (χ0v) is 4.65. The van der Waals surface area contributed by atoms with Gasteiger partial charge in [0.15, 0.2) is 0 Å². The predicted molar refractivity (Wildman–Crippen MR) is 24.8 cm³/mol. The Morgan fingerprint density at radius 1 is 1.44 bits per heavy atom. The molecule has 1 aliphatic heterocycles. The molecule has 54 valence electrons. The zero-order chi connectivity index (χ0) is 6.91. The second kappa shape index (κ2) is 2.20. The van der Waals surface area contributed by atoms with Gasteiger partial charge < -0.3 is 15.3 Å². The van der Waals surface area contributed by atoms with Crippen molar-refractivity contribution in [2.45, 2.75) is 18.5 Å². The summed E-state index contributed by atoms with van der Waals surface area (Å²) in [6.07, 6.45) is -1.13. The molecule has 0 aromatic heterocycles. The summed E-state index contributed by atoms with van der Waals surface area (Å²) < 4.78 is 0. The molecule has 0 bridgehead atoms. The van der Waals surface area contributed by atoms with Crippen LogP contribution in [-0.2, 0) is 9.78 Å². The summed E-state index contributed by atoms with van der Waals surface area (Å²) in [7, 11) is 0. The predicted octanol–water partition coefficient (Wildman–Crippen LogP) is -1.66. The molecule has 3 N–H and O–H groups in total. The molecule has 1 heterocycles. The van der Waals surface area contributed by atoms with Crippen LogP contribution in [0.1, 0.15) is 6.42 Å². The maximum atomic E-state index is 8.73. The first kappa shape index (κ1) is 6.91. The van der Waals surface area contributed by atoms with E-state index >= 15 is 0 Å². The lowest BCUT2D eigenvalue weighted by atomic mass is 10.2. The van der Waals surface area contributed by atoms with E-state index in [0.717, 1.165) is 0 Å². The third kappa shape index (κ3) is 1.38. The van der Waals surface area contributed by atoms with E-state index in [1.807, 2.05) is 0 Å². The molecule has 1 atom stereocenters. The maximum Gasteiger partial charge on any atom is 0.333 e. The second-order valence-corrected chi connectivity index (χ2v) is 1.87. The first-order valence-electron chi connectivity index (χ1n) is 2.56. The molecule has 5 nitrogen and oxygen atoms in total. The summed E-state index contributed by atoms with van der Waals surface area (Å²) in [6.45, 7) is 0.171. The molecule has 1 aliphatic rings. The summed E-state index contributed by atoms with van der Waals surface area (Å²) in [4.78, 5) is 8.13. The molecule has 5 heteroatoms. The lowest BCUT2D eigenvalue weighted by Crippen LogP contribution is -2.48. The average Bonchev–Trinajstić information content (AvgIpc) is 1.77. The molecule has 1 fully saturated rings. The van der Waals surface area contributed by atoms with Gasteiger partial charge in [-0.25, -0.2) is 4.89 Å². The van der Waals surface area contributed by atoms with Crippen LogP contribution in [0, 0.1) is 0 Å². The fourth-order valence-corrected chi connectivity index (χ4v) is 0.532. The SMILES string of the molecule is OC1CCOOC1(O)O. The lowest BCUT2D eigenvalue weighted by Gasteiger charge is -2.29. The highest BCUT2D eigenvalue weighted by Gasteiger charge is 2.39. The summed E-state index contributed by atoms with van der Waals surface area (Å²) in [6, 6.07) is 0. The van der Waals surface area contributed by atoms with Crippen molar-refractivity contribution in [3.05, 3.63) is 0 Å². The van der Waals surface area contributed by atoms with E-state index in [9.17, 15) is 0 Å². The van der Waals surface area contributed by atoms with Crippen LogP contribution in [0.2, 0.25) is 0 Å². The van der Waals surface area contributed by atoms with Crippen molar-refractivity contribution in [3.8, 4) is 0 Å². The Balaban J connectivity index is 2.49. The van der Waals surface area contributed by atoms with Gasteiger partial charge in [-0.15, -0.1) is 0 Å². The summed E-state index contributed by atoms with van der Waals surface area (Å²) in [5, 5.41) is 25.9. The van der Waals surface area contributed by atoms with Crippen molar-refractivity contribution in [2.24, 2.45) is 0 Å². The van der Waals surface area contributed by atoms with E-state index in [2.05, 4.69) is 9.78 Å². The Bertz CT molecular complexity index is 101. The highest BCUT2D eigenvalue weighted by molar-refractivity contribution is 4.65. The second-order valence-electron chi connectivity index (χ2n) is 1.87. The topological polar surface area (TPSA) is 79.2 Å². The van der Waals surface area contributed by atoms with Crippen LogP contribution in [0.5, 0.6) is 0 Å². The van der Waals surface area contributed by atoms with Crippen LogP contribution < -0.4 is 0 Å². The summed E-state index contributed by atoms with van der Waals surface area (Å²) in [5.41, 5.74) is 0. The third-order valence-corrected chi connectivity index (χ3v) is 1.09. The molecule has 1 unspecified atom stereocenters. The van der Waals surface area contributed by atoms with Gasteiger partial charge in [0, 0.05) is 6.42 Å². The van der Waals surface area contributed by atoms with Crippen LogP contribution in [0.25, 0.3) is 0 Å². The van der Waals surface area contributed by atoms with Gasteiger partial charge in [0.05, 0.1) is 6.61 Å². The van der Waals surface area contributed by atoms with Crippen molar-refractivity contribution in [2.75, 3.05) is 6.61 Å². The first-order chi connectivity index (χ1) is 4.13.